The number of rotatable bonds is 2. The van der Waals surface area contributed by atoms with E-state index in [1.807, 2.05) is 6.92 Å². The highest BCUT2D eigenvalue weighted by Gasteiger charge is 2.51. The lowest BCUT2D eigenvalue weighted by atomic mass is 9.89. The Kier molecular flexibility index (Phi) is 3.31. The molecule has 0 radical (unpaired) electrons. The minimum absolute atomic E-state index is 0.0519. The number of carboxylic acids is 1. The lowest BCUT2D eigenvalue weighted by Crippen LogP contribution is -2.40. The van der Waals surface area contributed by atoms with Gasteiger partial charge in [0.15, 0.2) is 0 Å². The van der Waals surface area contributed by atoms with Crippen molar-refractivity contribution in [3.05, 3.63) is 29.6 Å². The number of hydrogen-bond acceptors (Lipinski definition) is 2. The highest BCUT2D eigenvalue weighted by Crippen LogP contribution is 2.42. The van der Waals surface area contributed by atoms with Crippen LogP contribution in [-0.2, 0) is 4.79 Å². The average molecular weight is 292 g/mol. The van der Waals surface area contributed by atoms with E-state index in [1.165, 1.54) is 6.07 Å². The third kappa shape index (κ3) is 2.34. The van der Waals surface area contributed by atoms with Gasteiger partial charge in [-0.2, -0.15) is 0 Å². The SMILES string of the molecule is Cc1ccc(F)c(NC(=O)N2C3CCC2C(C(=O)O)C3)c1. The number of nitrogens with zero attached hydrogens (tertiary/aromatic N) is 1. The molecule has 6 heteroatoms. The van der Waals surface area contributed by atoms with Crippen molar-refractivity contribution in [3.63, 3.8) is 0 Å². The average Bonchev–Trinajstić information content (AvgIpc) is 3.00. The van der Waals surface area contributed by atoms with Crippen molar-refractivity contribution in [1.82, 2.24) is 4.90 Å². The van der Waals surface area contributed by atoms with E-state index in [-0.39, 0.29) is 17.8 Å². The summed E-state index contributed by atoms with van der Waals surface area (Å²) >= 11 is 0. The number of fused-ring (bicyclic) bond motifs is 2. The summed E-state index contributed by atoms with van der Waals surface area (Å²) in [6, 6.07) is 3.77. The number of aliphatic carboxylic acids is 1. The van der Waals surface area contributed by atoms with Crippen LogP contribution in [0.4, 0.5) is 14.9 Å². The zero-order valence-electron chi connectivity index (χ0n) is 11.7. The summed E-state index contributed by atoms with van der Waals surface area (Å²) in [7, 11) is 0. The number of carbonyl (C=O) groups excluding carboxylic acids is 1. The second-order valence-corrected chi connectivity index (χ2v) is 5.80. The maximum atomic E-state index is 13.7. The van der Waals surface area contributed by atoms with Gasteiger partial charge in [-0.1, -0.05) is 6.07 Å². The number of nitrogens with one attached hydrogen (secondary N) is 1. The Balaban J connectivity index is 1.77. The van der Waals surface area contributed by atoms with E-state index in [9.17, 15) is 19.1 Å². The first-order valence-corrected chi connectivity index (χ1v) is 7.05. The summed E-state index contributed by atoms with van der Waals surface area (Å²) < 4.78 is 13.7. The summed E-state index contributed by atoms with van der Waals surface area (Å²) in [6.45, 7) is 1.81. The minimum Gasteiger partial charge on any atom is -0.481 e. The maximum Gasteiger partial charge on any atom is 0.322 e. The fourth-order valence-electron chi connectivity index (χ4n) is 3.49. The second-order valence-electron chi connectivity index (χ2n) is 5.80. The molecule has 0 aliphatic carbocycles. The fourth-order valence-corrected chi connectivity index (χ4v) is 3.49. The molecule has 2 saturated heterocycles. The van der Waals surface area contributed by atoms with Crippen LogP contribution in [0.15, 0.2) is 18.2 Å². The van der Waals surface area contributed by atoms with Gasteiger partial charge in [-0.15, -0.1) is 0 Å². The second kappa shape index (κ2) is 5.02. The van der Waals surface area contributed by atoms with E-state index < -0.39 is 23.7 Å². The predicted molar refractivity (Wildman–Crippen MR) is 74.5 cm³/mol. The van der Waals surface area contributed by atoms with Crippen molar-refractivity contribution in [2.75, 3.05) is 5.32 Å². The summed E-state index contributed by atoms with van der Waals surface area (Å²) in [4.78, 5) is 25.1. The summed E-state index contributed by atoms with van der Waals surface area (Å²) in [5.41, 5.74) is 0.984. The minimum atomic E-state index is -0.860. The molecule has 2 aliphatic heterocycles. The third-order valence-electron chi connectivity index (χ3n) is 4.45. The first-order valence-electron chi connectivity index (χ1n) is 7.05. The van der Waals surface area contributed by atoms with Crippen molar-refractivity contribution < 1.29 is 19.1 Å². The summed E-state index contributed by atoms with van der Waals surface area (Å²) in [6.07, 6.45) is 2.01. The molecule has 112 valence electrons. The molecule has 3 rings (SSSR count). The van der Waals surface area contributed by atoms with E-state index in [1.54, 1.807) is 17.0 Å². The highest BCUT2D eigenvalue weighted by molar-refractivity contribution is 5.91. The van der Waals surface area contributed by atoms with Crippen LogP contribution in [0.3, 0.4) is 0 Å². The molecule has 3 atom stereocenters. The van der Waals surface area contributed by atoms with Crippen LogP contribution in [0.5, 0.6) is 0 Å². The van der Waals surface area contributed by atoms with Crippen LogP contribution in [0.2, 0.25) is 0 Å². The fraction of sp³-hybridized carbons (Fsp3) is 0.467. The lowest BCUT2D eigenvalue weighted by Gasteiger charge is -2.23. The predicted octanol–water partition coefficient (Wildman–Crippen LogP) is 2.60. The van der Waals surface area contributed by atoms with Gasteiger partial charge in [0, 0.05) is 12.1 Å². The molecular formula is C15H17FN2O3. The van der Waals surface area contributed by atoms with Gasteiger partial charge in [-0.25, -0.2) is 9.18 Å². The molecular weight excluding hydrogens is 275 g/mol. The normalized spacial score (nSPS) is 27.0. The van der Waals surface area contributed by atoms with Gasteiger partial charge in [-0.05, 0) is 43.9 Å². The summed E-state index contributed by atoms with van der Waals surface area (Å²) in [5, 5.41) is 11.8. The Hall–Kier alpha value is -2.11. The van der Waals surface area contributed by atoms with Gasteiger partial charge in [0.25, 0.3) is 0 Å². The molecule has 0 aromatic heterocycles. The quantitative estimate of drug-likeness (QED) is 0.880. The van der Waals surface area contributed by atoms with Crippen LogP contribution in [0.25, 0.3) is 0 Å². The van der Waals surface area contributed by atoms with Gasteiger partial charge in [0.05, 0.1) is 11.6 Å². The molecule has 2 heterocycles. The molecule has 2 amide bonds. The molecule has 2 fully saturated rings. The molecule has 2 bridgehead atoms. The number of urea groups is 1. The first-order chi connectivity index (χ1) is 9.97. The van der Waals surface area contributed by atoms with E-state index in [0.29, 0.717) is 12.8 Å². The lowest BCUT2D eigenvalue weighted by molar-refractivity contribution is -0.142. The third-order valence-corrected chi connectivity index (χ3v) is 4.45. The van der Waals surface area contributed by atoms with Crippen molar-refractivity contribution >= 4 is 17.7 Å². The van der Waals surface area contributed by atoms with Crippen molar-refractivity contribution in [2.45, 2.75) is 38.3 Å². The largest absolute Gasteiger partial charge is 0.481 e. The van der Waals surface area contributed by atoms with Gasteiger partial charge >= 0.3 is 12.0 Å². The van der Waals surface area contributed by atoms with Gasteiger partial charge in [-0.3, -0.25) is 4.79 Å². The molecule has 1 aromatic carbocycles. The molecule has 1 aromatic rings. The van der Waals surface area contributed by atoms with E-state index in [2.05, 4.69) is 5.32 Å². The Morgan fingerprint density at radius 2 is 2.14 bits per heavy atom. The Morgan fingerprint density at radius 1 is 1.38 bits per heavy atom. The topological polar surface area (TPSA) is 69.6 Å². The molecule has 0 spiro atoms. The molecule has 2 aliphatic rings. The first kappa shape index (κ1) is 13.9. The Bertz CT molecular complexity index is 605. The van der Waals surface area contributed by atoms with Crippen molar-refractivity contribution in [3.8, 4) is 0 Å². The number of halogens is 1. The molecule has 0 saturated carbocycles. The molecule has 21 heavy (non-hydrogen) atoms. The van der Waals surface area contributed by atoms with E-state index >= 15 is 0 Å². The summed E-state index contributed by atoms with van der Waals surface area (Å²) in [5.74, 6) is -1.85. The molecule has 2 N–H and O–H groups in total. The van der Waals surface area contributed by atoms with Crippen LogP contribution in [-0.4, -0.2) is 34.1 Å². The number of carbonyl (C=O) groups is 2. The monoisotopic (exact) mass is 292 g/mol. The number of amides is 2. The van der Waals surface area contributed by atoms with Gasteiger partial charge < -0.3 is 15.3 Å². The van der Waals surface area contributed by atoms with Gasteiger partial charge in [0.2, 0.25) is 0 Å². The molecule has 3 unspecified atom stereocenters. The number of benzene rings is 1. The maximum absolute atomic E-state index is 13.7. The van der Waals surface area contributed by atoms with Crippen LogP contribution < -0.4 is 5.32 Å². The van der Waals surface area contributed by atoms with Crippen LogP contribution in [0.1, 0.15) is 24.8 Å². The number of carboxylic acid groups (broad SMARTS) is 1. The van der Waals surface area contributed by atoms with Crippen molar-refractivity contribution in [1.29, 1.82) is 0 Å². The van der Waals surface area contributed by atoms with Crippen LogP contribution >= 0.6 is 0 Å². The zero-order chi connectivity index (χ0) is 15.1. The zero-order valence-corrected chi connectivity index (χ0v) is 11.7. The molecule has 5 nitrogen and oxygen atoms in total. The number of aryl methyl sites for hydroxylation is 1. The standard InChI is InChI=1S/C15H17FN2O3/c1-8-2-4-11(16)12(6-8)17-15(21)18-9-3-5-13(18)10(7-9)14(19)20/h2,4,6,9-10,13H,3,5,7H2,1H3,(H,17,21)(H,19,20). The van der Waals surface area contributed by atoms with Gasteiger partial charge in [0.1, 0.15) is 5.82 Å². The Morgan fingerprint density at radius 3 is 2.81 bits per heavy atom. The number of hydrogen-bond donors (Lipinski definition) is 2. The Labute approximate surface area is 121 Å². The van der Waals surface area contributed by atoms with Crippen LogP contribution in [0, 0.1) is 18.7 Å². The number of anilines is 1. The van der Waals surface area contributed by atoms with E-state index in [4.69, 9.17) is 0 Å². The van der Waals surface area contributed by atoms with Crippen molar-refractivity contribution in [2.24, 2.45) is 5.92 Å². The smallest absolute Gasteiger partial charge is 0.322 e. The van der Waals surface area contributed by atoms with E-state index in [0.717, 1.165) is 12.0 Å². The highest BCUT2D eigenvalue weighted by atomic mass is 19.1.